The number of anilines is 1. The molecule has 0 saturated heterocycles. The lowest BCUT2D eigenvalue weighted by molar-refractivity contribution is 0.0997. The Morgan fingerprint density at radius 2 is 2.08 bits per heavy atom. The maximum atomic E-state index is 13.9. The Hall–Kier alpha value is -3.48. The summed E-state index contributed by atoms with van der Waals surface area (Å²) in [6.07, 6.45) is 4.95. The number of aryl methyl sites for hydroxylation is 1. The Morgan fingerprint density at radius 3 is 2.84 bits per heavy atom. The predicted molar refractivity (Wildman–Crippen MR) is 90.2 cm³/mol. The number of furan rings is 1. The Labute approximate surface area is 141 Å². The van der Waals surface area contributed by atoms with E-state index in [0.717, 1.165) is 0 Å². The van der Waals surface area contributed by atoms with Crippen molar-refractivity contribution in [1.82, 2.24) is 14.8 Å². The molecule has 0 fully saturated rings. The number of carbonyl (C=O) groups excluding carboxylic acids is 1. The van der Waals surface area contributed by atoms with E-state index in [1.807, 2.05) is 0 Å². The van der Waals surface area contributed by atoms with Crippen LogP contribution in [0.4, 0.5) is 10.1 Å². The molecule has 0 atom stereocenters. The van der Waals surface area contributed by atoms with E-state index in [-0.39, 0.29) is 11.3 Å². The minimum Gasteiger partial charge on any atom is -0.448 e. The number of nitrogens with zero attached hydrogens (tertiary/aromatic N) is 3. The zero-order valence-electron chi connectivity index (χ0n) is 13.2. The number of para-hydroxylation sites is 1. The molecule has 3 aromatic heterocycles. The van der Waals surface area contributed by atoms with Crippen LogP contribution in [0.15, 0.2) is 59.4 Å². The van der Waals surface area contributed by atoms with Crippen LogP contribution in [0.1, 0.15) is 16.1 Å². The Kier molecular flexibility index (Phi) is 3.53. The van der Waals surface area contributed by atoms with Crippen molar-refractivity contribution < 1.29 is 13.6 Å². The molecular weight excluding hydrogens is 323 g/mol. The van der Waals surface area contributed by atoms with E-state index < -0.39 is 11.7 Å². The summed E-state index contributed by atoms with van der Waals surface area (Å²) >= 11 is 0. The minimum absolute atomic E-state index is 0.0652. The number of pyridine rings is 1. The van der Waals surface area contributed by atoms with Crippen LogP contribution >= 0.6 is 0 Å². The van der Waals surface area contributed by atoms with Crippen molar-refractivity contribution in [3.63, 3.8) is 0 Å². The normalized spacial score (nSPS) is 11.0. The van der Waals surface area contributed by atoms with Gasteiger partial charge in [0.05, 0.1) is 5.69 Å². The minimum atomic E-state index is -0.502. The highest BCUT2D eigenvalue weighted by atomic mass is 19.1. The third-order valence-electron chi connectivity index (χ3n) is 3.88. The van der Waals surface area contributed by atoms with Crippen LogP contribution in [0.3, 0.4) is 0 Å². The fourth-order valence-corrected chi connectivity index (χ4v) is 2.68. The Balaban J connectivity index is 1.73. The Bertz CT molecular complexity index is 1070. The number of halogens is 1. The van der Waals surface area contributed by atoms with E-state index in [4.69, 9.17) is 4.42 Å². The van der Waals surface area contributed by atoms with Crippen molar-refractivity contribution >= 4 is 22.6 Å². The first-order valence-electron chi connectivity index (χ1n) is 7.59. The molecule has 1 aromatic carbocycles. The van der Waals surface area contributed by atoms with Gasteiger partial charge < -0.3 is 9.73 Å². The number of benzene rings is 1. The molecular formula is C18H13FN4O2. The molecule has 1 N–H and O–H groups in total. The van der Waals surface area contributed by atoms with Crippen LogP contribution in [0.25, 0.3) is 16.8 Å². The maximum absolute atomic E-state index is 13.9. The lowest BCUT2D eigenvalue weighted by Gasteiger charge is -2.09. The predicted octanol–water partition coefficient (Wildman–Crippen LogP) is 3.71. The number of nitrogens with one attached hydrogen (secondary N) is 1. The van der Waals surface area contributed by atoms with Gasteiger partial charge in [0.15, 0.2) is 23.0 Å². The van der Waals surface area contributed by atoms with Gasteiger partial charge in [-0.2, -0.15) is 5.10 Å². The van der Waals surface area contributed by atoms with Gasteiger partial charge in [-0.3, -0.25) is 4.79 Å². The van der Waals surface area contributed by atoms with Crippen molar-refractivity contribution in [2.45, 2.75) is 6.92 Å². The van der Waals surface area contributed by atoms with E-state index in [1.54, 1.807) is 60.5 Å². The van der Waals surface area contributed by atoms with Gasteiger partial charge in [-0.1, -0.05) is 12.1 Å². The van der Waals surface area contributed by atoms with Crippen LogP contribution in [0.2, 0.25) is 0 Å². The van der Waals surface area contributed by atoms with E-state index in [1.165, 1.54) is 6.07 Å². The maximum Gasteiger partial charge on any atom is 0.291 e. The zero-order chi connectivity index (χ0) is 17.4. The summed E-state index contributed by atoms with van der Waals surface area (Å²) in [6, 6.07) is 9.76. The van der Waals surface area contributed by atoms with Crippen LogP contribution in [0, 0.1) is 12.7 Å². The smallest absolute Gasteiger partial charge is 0.291 e. The number of hydrogen-bond donors (Lipinski definition) is 1. The molecule has 7 heteroatoms. The highest BCUT2D eigenvalue weighted by Crippen LogP contribution is 2.28. The number of carbonyl (C=O) groups is 1. The second-order valence-corrected chi connectivity index (χ2v) is 5.45. The largest absolute Gasteiger partial charge is 0.448 e. The van der Waals surface area contributed by atoms with Crippen molar-refractivity contribution in [3.05, 3.63) is 72.1 Å². The monoisotopic (exact) mass is 336 g/mol. The summed E-state index contributed by atoms with van der Waals surface area (Å²) < 4.78 is 20.9. The Morgan fingerprint density at radius 1 is 1.20 bits per heavy atom. The number of aromatic nitrogens is 3. The molecule has 0 aliphatic rings. The zero-order valence-corrected chi connectivity index (χ0v) is 13.2. The quantitative estimate of drug-likeness (QED) is 0.619. The van der Waals surface area contributed by atoms with Crippen molar-refractivity contribution in [2.75, 3.05) is 5.32 Å². The molecule has 4 aromatic rings. The molecule has 0 unspecified atom stereocenters. The van der Waals surface area contributed by atoms with Gasteiger partial charge in [0.25, 0.3) is 5.91 Å². The third-order valence-corrected chi connectivity index (χ3v) is 3.88. The molecule has 0 saturated carbocycles. The van der Waals surface area contributed by atoms with Gasteiger partial charge in [0, 0.05) is 29.5 Å². The first kappa shape index (κ1) is 15.1. The summed E-state index contributed by atoms with van der Waals surface area (Å²) in [4.78, 5) is 16.9. The number of amides is 1. The van der Waals surface area contributed by atoms with Gasteiger partial charge >= 0.3 is 0 Å². The van der Waals surface area contributed by atoms with E-state index in [9.17, 15) is 9.18 Å². The molecule has 4 rings (SSSR count). The molecule has 25 heavy (non-hydrogen) atoms. The molecule has 3 heterocycles. The second kappa shape index (κ2) is 5.86. The van der Waals surface area contributed by atoms with Gasteiger partial charge in [0.1, 0.15) is 0 Å². The summed E-state index contributed by atoms with van der Waals surface area (Å²) in [5, 5.41) is 7.45. The van der Waals surface area contributed by atoms with Crippen molar-refractivity contribution in [2.24, 2.45) is 0 Å². The summed E-state index contributed by atoms with van der Waals surface area (Å²) in [5.74, 6) is -0.441. The summed E-state index contributed by atoms with van der Waals surface area (Å²) in [6.45, 7) is 1.72. The van der Waals surface area contributed by atoms with Crippen LogP contribution in [0.5, 0.6) is 0 Å². The molecule has 0 radical (unpaired) electrons. The van der Waals surface area contributed by atoms with Crippen molar-refractivity contribution in [1.29, 1.82) is 0 Å². The summed E-state index contributed by atoms with van der Waals surface area (Å²) in [5.41, 5.74) is 1.12. The van der Waals surface area contributed by atoms with E-state index >= 15 is 0 Å². The fraction of sp³-hybridized carbons (Fsp3) is 0.0556. The molecule has 0 bridgehead atoms. The molecule has 0 aliphatic carbocycles. The highest BCUT2D eigenvalue weighted by molar-refractivity contribution is 6.07. The summed E-state index contributed by atoms with van der Waals surface area (Å²) in [7, 11) is 0. The average molecular weight is 336 g/mol. The van der Waals surface area contributed by atoms with Crippen molar-refractivity contribution in [3.8, 4) is 5.82 Å². The van der Waals surface area contributed by atoms with Crippen LogP contribution in [-0.4, -0.2) is 20.7 Å². The van der Waals surface area contributed by atoms with E-state index in [2.05, 4.69) is 15.4 Å². The highest BCUT2D eigenvalue weighted by Gasteiger charge is 2.20. The van der Waals surface area contributed by atoms with Gasteiger partial charge in [0.2, 0.25) is 0 Å². The molecule has 0 spiro atoms. The standard InChI is InChI=1S/C18H13FN4O2/c1-11-12-5-2-6-13(19)16(12)25-15(11)18(24)22-14-7-3-8-20-17(14)23-10-4-9-21-23/h2-10H,1H3,(H,22,24). The van der Waals surface area contributed by atoms with Gasteiger partial charge in [-0.25, -0.2) is 14.1 Å². The second-order valence-electron chi connectivity index (χ2n) is 5.45. The number of rotatable bonds is 3. The van der Waals surface area contributed by atoms with Crippen LogP contribution in [-0.2, 0) is 0 Å². The van der Waals surface area contributed by atoms with Gasteiger partial charge in [-0.05, 0) is 31.2 Å². The molecule has 6 nitrogen and oxygen atoms in total. The number of hydrogen-bond acceptors (Lipinski definition) is 4. The topological polar surface area (TPSA) is 73.0 Å². The SMILES string of the molecule is Cc1c(C(=O)Nc2cccnc2-n2cccn2)oc2c(F)cccc12. The lowest BCUT2D eigenvalue weighted by atomic mass is 10.1. The van der Waals surface area contributed by atoms with Gasteiger partial charge in [-0.15, -0.1) is 0 Å². The van der Waals surface area contributed by atoms with E-state index in [0.29, 0.717) is 22.5 Å². The number of fused-ring (bicyclic) bond motifs is 1. The average Bonchev–Trinajstić information content (AvgIpc) is 3.25. The van der Waals surface area contributed by atoms with Crippen LogP contribution < -0.4 is 5.32 Å². The first-order valence-corrected chi connectivity index (χ1v) is 7.59. The fourth-order valence-electron chi connectivity index (χ4n) is 2.68. The third kappa shape index (κ3) is 2.55. The molecule has 0 aliphatic heterocycles. The lowest BCUT2D eigenvalue weighted by Crippen LogP contribution is -2.15. The first-order chi connectivity index (χ1) is 12.1. The molecule has 1 amide bonds. The molecule has 124 valence electrons.